The first-order valence-corrected chi connectivity index (χ1v) is 14.0. The van der Waals surface area contributed by atoms with Crippen molar-refractivity contribution in [2.75, 3.05) is 32.8 Å². The second-order valence-corrected chi connectivity index (χ2v) is 11.9. The molecule has 214 valence electrons. The molecule has 0 saturated carbocycles. The number of hydrogen-bond acceptors (Lipinski definition) is 7. The molecule has 40 heavy (non-hydrogen) atoms. The number of methoxy groups -OCH3 is 2. The van der Waals surface area contributed by atoms with E-state index in [9.17, 15) is 14.7 Å². The van der Waals surface area contributed by atoms with Crippen molar-refractivity contribution in [3.63, 3.8) is 0 Å². The van der Waals surface area contributed by atoms with Crippen LogP contribution in [0.5, 0.6) is 5.06 Å². The summed E-state index contributed by atoms with van der Waals surface area (Å²) in [6.07, 6.45) is 2.95. The van der Waals surface area contributed by atoms with E-state index in [1.165, 1.54) is 36.7 Å². The molecule has 3 rings (SSSR count). The number of carboxylic acid groups (broad SMARTS) is 1. The number of amides is 1. The molecule has 0 unspecified atom stereocenters. The molecule has 3 aromatic rings. The zero-order valence-corrected chi connectivity index (χ0v) is 25.3. The lowest BCUT2D eigenvalue weighted by molar-refractivity contribution is -0.135. The highest BCUT2D eigenvalue weighted by Crippen LogP contribution is 2.38. The van der Waals surface area contributed by atoms with E-state index >= 15 is 0 Å². The molecule has 0 aliphatic heterocycles. The summed E-state index contributed by atoms with van der Waals surface area (Å²) in [5.74, 6) is -2.11. The molecule has 2 N–H and O–H groups in total. The van der Waals surface area contributed by atoms with Gasteiger partial charge in [-0.1, -0.05) is 73.5 Å². The lowest BCUT2D eigenvalue weighted by Gasteiger charge is -2.17. The van der Waals surface area contributed by atoms with Gasteiger partial charge < -0.3 is 19.3 Å². The van der Waals surface area contributed by atoms with Gasteiger partial charge in [-0.15, -0.1) is 0 Å². The lowest BCUT2D eigenvalue weighted by atomic mass is 9.99. The van der Waals surface area contributed by atoms with Gasteiger partial charge in [0.05, 0.1) is 30.9 Å². The molecule has 1 amide bonds. The fourth-order valence-electron chi connectivity index (χ4n) is 3.67. The van der Waals surface area contributed by atoms with Gasteiger partial charge in [-0.3, -0.25) is 10.1 Å². The highest BCUT2D eigenvalue weighted by molar-refractivity contribution is 7.18. The number of nitrogens with one attached hydrogen (secondary N) is 1. The van der Waals surface area contributed by atoms with E-state index in [0.717, 1.165) is 30.6 Å². The minimum atomic E-state index is -1.28. The first kappa shape index (κ1) is 31.4. The van der Waals surface area contributed by atoms with Crippen LogP contribution in [0.15, 0.2) is 42.2 Å². The first-order chi connectivity index (χ1) is 18.9. The van der Waals surface area contributed by atoms with Crippen molar-refractivity contribution in [3.8, 4) is 16.3 Å². The molecule has 0 spiro atoms. The molecule has 0 fully saturated rings. The SMILES string of the molecule is COC(=Cc1c(Cl)cc(C(=O)Nc2nc(-c3cccc(CCCOCC(C)(C)C)c3)c(OC)s2)cc1Cl)C(=O)O. The first-order valence-electron chi connectivity index (χ1n) is 12.4. The average Bonchev–Trinajstić information content (AvgIpc) is 3.30. The van der Waals surface area contributed by atoms with Crippen LogP contribution in [0.25, 0.3) is 17.3 Å². The number of aliphatic carboxylic acids is 1. The van der Waals surface area contributed by atoms with E-state index in [-0.39, 0.29) is 32.3 Å². The molecule has 1 aromatic heterocycles. The Kier molecular flexibility index (Phi) is 11.0. The van der Waals surface area contributed by atoms with Crippen LogP contribution in [0.2, 0.25) is 10.0 Å². The Morgan fingerprint density at radius 2 is 1.82 bits per heavy atom. The van der Waals surface area contributed by atoms with E-state index in [4.69, 9.17) is 37.4 Å². The van der Waals surface area contributed by atoms with Crippen molar-refractivity contribution in [2.45, 2.75) is 33.6 Å². The van der Waals surface area contributed by atoms with Crippen LogP contribution in [0, 0.1) is 5.41 Å². The van der Waals surface area contributed by atoms with Gasteiger partial charge in [0, 0.05) is 23.3 Å². The van der Waals surface area contributed by atoms with Gasteiger partial charge in [-0.2, -0.15) is 0 Å². The Bertz CT molecular complexity index is 1370. The second kappa shape index (κ2) is 14.0. The molecule has 8 nitrogen and oxygen atoms in total. The monoisotopic (exact) mass is 606 g/mol. The minimum absolute atomic E-state index is 0.0893. The number of hydrogen-bond donors (Lipinski definition) is 2. The van der Waals surface area contributed by atoms with Crippen molar-refractivity contribution < 1.29 is 28.9 Å². The number of carbonyl (C=O) groups is 2. The van der Waals surface area contributed by atoms with Crippen molar-refractivity contribution in [2.24, 2.45) is 5.41 Å². The summed E-state index contributed by atoms with van der Waals surface area (Å²) in [5, 5.41) is 13.0. The summed E-state index contributed by atoms with van der Waals surface area (Å²) in [7, 11) is 2.77. The standard InChI is InChI=1S/C29H32Cl2N2O6S/c1-29(2,3)16-39-11-7-9-17-8-6-10-18(12-17)24-27(38-5)40-28(32-24)33-25(34)19-13-21(30)20(22(31)14-19)15-23(37-4)26(35)36/h6,8,10,12-15H,7,9,11,16H2,1-5H3,(H,35,36)(H,32,33,34). The van der Waals surface area contributed by atoms with E-state index in [0.29, 0.717) is 22.5 Å². The van der Waals surface area contributed by atoms with Gasteiger partial charge >= 0.3 is 5.97 Å². The zero-order chi connectivity index (χ0) is 29.4. The van der Waals surface area contributed by atoms with Crippen molar-refractivity contribution in [3.05, 3.63) is 68.9 Å². The largest absolute Gasteiger partial charge is 0.490 e. The normalized spacial score (nSPS) is 11.8. The van der Waals surface area contributed by atoms with E-state index in [2.05, 4.69) is 43.2 Å². The van der Waals surface area contributed by atoms with Crippen molar-refractivity contribution in [1.29, 1.82) is 0 Å². The summed E-state index contributed by atoms with van der Waals surface area (Å²) >= 11 is 13.8. The number of benzene rings is 2. The predicted octanol–water partition coefficient (Wildman–Crippen LogP) is 7.45. The molecule has 2 aromatic carbocycles. The average molecular weight is 608 g/mol. The number of rotatable bonds is 12. The summed E-state index contributed by atoms with van der Waals surface area (Å²) in [6, 6.07) is 10.8. The lowest BCUT2D eigenvalue weighted by Crippen LogP contribution is -2.15. The van der Waals surface area contributed by atoms with E-state index in [1.807, 2.05) is 12.1 Å². The van der Waals surface area contributed by atoms with Crippen molar-refractivity contribution >= 4 is 57.6 Å². The molecule has 1 heterocycles. The Balaban J connectivity index is 1.75. The molecule has 0 aliphatic carbocycles. The predicted molar refractivity (Wildman–Crippen MR) is 160 cm³/mol. The van der Waals surface area contributed by atoms with Crippen LogP contribution in [0.1, 0.15) is 48.7 Å². The fraction of sp³-hybridized carbons (Fsp3) is 0.345. The third-order valence-corrected chi connectivity index (χ3v) is 7.10. The van der Waals surface area contributed by atoms with Crippen LogP contribution in [0.4, 0.5) is 5.13 Å². The fourth-order valence-corrected chi connectivity index (χ4v) is 5.07. The third-order valence-electron chi connectivity index (χ3n) is 5.54. The number of aryl methyl sites for hydroxylation is 1. The number of anilines is 1. The number of ether oxygens (including phenoxy) is 3. The Hall–Kier alpha value is -3.11. The molecule has 0 radical (unpaired) electrons. The number of halogens is 2. The number of carboxylic acids is 1. The molecule has 0 bridgehead atoms. The molecule has 0 aliphatic rings. The maximum absolute atomic E-state index is 13.0. The Morgan fingerprint density at radius 1 is 1.12 bits per heavy atom. The van der Waals surface area contributed by atoms with E-state index < -0.39 is 11.9 Å². The van der Waals surface area contributed by atoms with E-state index in [1.54, 1.807) is 7.11 Å². The van der Waals surface area contributed by atoms with Gasteiger partial charge in [-0.05, 0) is 48.1 Å². The van der Waals surface area contributed by atoms with Gasteiger partial charge in [0.15, 0.2) is 5.13 Å². The minimum Gasteiger partial charge on any atom is -0.490 e. The molecule has 0 saturated heterocycles. The smallest absolute Gasteiger partial charge is 0.371 e. The van der Waals surface area contributed by atoms with Crippen LogP contribution in [-0.4, -0.2) is 49.4 Å². The number of carbonyl (C=O) groups excluding carboxylic acids is 1. The van der Waals surface area contributed by atoms with Gasteiger partial charge in [0.1, 0.15) is 5.69 Å². The molecular weight excluding hydrogens is 575 g/mol. The third kappa shape index (κ3) is 8.69. The quantitative estimate of drug-likeness (QED) is 0.125. The van der Waals surface area contributed by atoms with Gasteiger partial charge in [0.25, 0.3) is 5.91 Å². The topological polar surface area (TPSA) is 107 Å². The van der Waals surface area contributed by atoms with Crippen LogP contribution >= 0.6 is 34.5 Å². The maximum atomic E-state index is 13.0. The molecular formula is C29H32Cl2N2O6S. The summed E-state index contributed by atoms with van der Waals surface area (Å²) < 4.78 is 16.2. The molecule has 0 atom stereocenters. The van der Waals surface area contributed by atoms with Gasteiger partial charge in [0.2, 0.25) is 10.8 Å². The Morgan fingerprint density at radius 3 is 2.42 bits per heavy atom. The van der Waals surface area contributed by atoms with Crippen LogP contribution in [0.3, 0.4) is 0 Å². The van der Waals surface area contributed by atoms with Crippen LogP contribution in [-0.2, 0) is 20.7 Å². The van der Waals surface area contributed by atoms with Gasteiger partial charge in [-0.25, -0.2) is 9.78 Å². The highest BCUT2D eigenvalue weighted by atomic mass is 35.5. The number of thiazole rings is 1. The number of aromatic nitrogens is 1. The second-order valence-electron chi connectivity index (χ2n) is 10.1. The number of nitrogens with zero attached hydrogens (tertiary/aromatic N) is 1. The van der Waals surface area contributed by atoms with Crippen LogP contribution < -0.4 is 10.1 Å². The maximum Gasteiger partial charge on any atom is 0.371 e. The summed E-state index contributed by atoms with van der Waals surface area (Å²) in [4.78, 5) is 28.9. The zero-order valence-electron chi connectivity index (χ0n) is 23.0. The molecule has 11 heteroatoms. The highest BCUT2D eigenvalue weighted by Gasteiger charge is 2.19. The summed E-state index contributed by atoms with van der Waals surface area (Å²) in [6.45, 7) is 7.85. The Labute approximate surface area is 247 Å². The van der Waals surface area contributed by atoms with Crippen molar-refractivity contribution in [1.82, 2.24) is 4.98 Å². The summed E-state index contributed by atoms with van der Waals surface area (Å²) in [5.41, 5.74) is 3.17.